The second kappa shape index (κ2) is 6.58. The Hall–Kier alpha value is -0.120. The SMILES string of the molecule is C.COCCOCC1CCO1.[HH]. The molecule has 1 atom stereocenters. The normalized spacial score (nSPS) is 22.1. The van der Waals surface area contributed by atoms with E-state index in [9.17, 15) is 0 Å². The van der Waals surface area contributed by atoms with Crippen molar-refractivity contribution in [2.75, 3.05) is 33.5 Å². The van der Waals surface area contributed by atoms with Crippen molar-refractivity contribution in [2.45, 2.75) is 20.0 Å². The lowest BCUT2D eigenvalue weighted by Crippen LogP contribution is -2.31. The summed E-state index contributed by atoms with van der Waals surface area (Å²) in [6.07, 6.45) is 1.50. The molecule has 1 unspecified atom stereocenters. The molecule has 0 spiro atoms. The molecular formula is C8H20O3. The van der Waals surface area contributed by atoms with Crippen LogP contribution in [-0.4, -0.2) is 39.6 Å². The van der Waals surface area contributed by atoms with Gasteiger partial charge < -0.3 is 14.2 Å². The molecule has 0 bridgehead atoms. The minimum atomic E-state index is 0. The highest BCUT2D eigenvalue weighted by Gasteiger charge is 2.17. The highest BCUT2D eigenvalue weighted by molar-refractivity contribution is 4.64. The summed E-state index contributed by atoms with van der Waals surface area (Å²) in [5.74, 6) is 0. The second-order valence-electron chi connectivity index (χ2n) is 2.35. The standard InChI is InChI=1S/C7H14O3.CH4.H2/c1-8-4-5-9-6-7-2-3-10-7;;/h7H,2-6H2,1H3;1H4;1H. The predicted molar refractivity (Wildman–Crippen MR) is 45.9 cm³/mol. The van der Waals surface area contributed by atoms with E-state index in [2.05, 4.69) is 0 Å². The topological polar surface area (TPSA) is 27.7 Å². The molecule has 1 saturated heterocycles. The van der Waals surface area contributed by atoms with E-state index < -0.39 is 0 Å². The molecule has 3 heteroatoms. The Morgan fingerprint density at radius 1 is 1.55 bits per heavy atom. The summed E-state index contributed by atoms with van der Waals surface area (Å²) in [4.78, 5) is 0. The maximum atomic E-state index is 5.23. The Balaban J connectivity index is 0. The molecule has 1 fully saturated rings. The lowest BCUT2D eigenvalue weighted by atomic mass is 10.2. The maximum Gasteiger partial charge on any atom is 0.0830 e. The molecule has 0 aliphatic carbocycles. The Morgan fingerprint density at radius 2 is 2.27 bits per heavy atom. The molecular weight excluding hydrogens is 144 g/mol. The van der Waals surface area contributed by atoms with Gasteiger partial charge in [-0.2, -0.15) is 0 Å². The van der Waals surface area contributed by atoms with Gasteiger partial charge in [-0.3, -0.25) is 0 Å². The minimum Gasteiger partial charge on any atom is -0.382 e. The van der Waals surface area contributed by atoms with Gasteiger partial charge in [-0.05, 0) is 6.42 Å². The van der Waals surface area contributed by atoms with Crippen molar-refractivity contribution < 1.29 is 15.6 Å². The molecule has 3 nitrogen and oxygen atoms in total. The van der Waals surface area contributed by atoms with E-state index in [-0.39, 0.29) is 8.85 Å². The van der Waals surface area contributed by atoms with E-state index >= 15 is 0 Å². The van der Waals surface area contributed by atoms with Crippen LogP contribution in [0.2, 0.25) is 0 Å². The fourth-order valence-corrected chi connectivity index (χ4v) is 0.773. The lowest BCUT2D eigenvalue weighted by Gasteiger charge is -2.25. The summed E-state index contributed by atoms with van der Waals surface area (Å²) in [5, 5.41) is 0. The smallest absolute Gasteiger partial charge is 0.0830 e. The number of rotatable bonds is 5. The summed E-state index contributed by atoms with van der Waals surface area (Å²) in [5.41, 5.74) is 0. The molecule has 1 aliphatic rings. The second-order valence-corrected chi connectivity index (χ2v) is 2.35. The van der Waals surface area contributed by atoms with Crippen LogP contribution in [0.4, 0.5) is 0 Å². The van der Waals surface area contributed by atoms with Crippen molar-refractivity contribution in [2.24, 2.45) is 0 Å². The van der Waals surface area contributed by atoms with Gasteiger partial charge in [-0.1, -0.05) is 7.43 Å². The first kappa shape index (κ1) is 10.9. The third-order valence-corrected chi connectivity index (χ3v) is 1.53. The minimum absolute atomic E-state index is 0. The Bertz CT molecular complexity index is 86.4. The van der Waals surface area contributed by atoms with Crippen molar-refractivity contribution >= 4 is 0 Å². The largest absolute Gasteiger partial charge is 0.382 e. The van der Waals surface area contributed by atoms with E-state index in [0.29, 0.717) is 19.3 Å². The predicted octanol–water partition coefficient (Wildman–Crippen LogP) is 1.32. The number of methoxy groups -OCH3 is 1. The zero-order chi connectivity index (χ0) is 7.23. The van der Waals surface area contributed by atoms with Crippen LogP contribution < -0.4 is 0 Å². The fourth-order valence-electron chi connectivity index (χ4n) is 0.773. The van der Waals surface area contributed by atoms with Crippen LogP contribution in [0.5, 0.6) is 0 Å². The quantitative estimate of drug-likeness (QED) is 0.573. The third kappa shape index (κ3) is 4.35. The first-order valence-corrected chi connectivity index (χ1v) is 3.62. The van der Waals surface area contributed by atoms with E-state index in [1.165, 1.54) is 0 Å². The van der Waals surface area contributed by atoms with Crippen LogP contribution in [0.3, 0.4) is 0 Å². The van der Waals surface area contributed by atoms with Crippen molar-refractivity contribution in [1.82, 2.24) is 0 Å². The van der Waals surface area contributed by atoms with E-state index in [0.717, 1.165) is 19.6 Å². The van der Waals surface area contributed by atoms with E-state index in [4.69, 9.17) is 14.2 Å². The molecule has 0 aromatic carbocycles. The van der Waals surface area contributed by atoms with Crippen LogP contribution in [-0.2, 0) is 14.2 Å². The van der Waals surface area contributed by atoms with Crippen LogP contribution in [0.15, 0.2) is 0 Å². The van der Waals surface area contributed by atoms with Crippen molar-refractivity contribution in [3.05, 3.63) is 0 Å². The monoisotopic (exact) mass is 164 g/mol. The van der Waals surface area contributed by atoms with Crippen LogP contribution in [0, 0.1) is 0 Å². The van der Waals surface area contributed by atoms with Crippen molar-refractivity contribution in [3.63, 3.8) is 0 Å². The highest BCUT2D eigenvalue weighted by Crippen LogP contribution is 2.10. The third-order valence-electron chi connectivity index (χ3n) is 1.53. The van der Waals surface area contributed by atoms with Crippen molar-refractivity contribution in [3.8, 4) is 0 Å². The molecule has 1 heterocycles. The Morgan fingerprint density at radius 3 is 2.73 bits per heavy atom. The van der Waals surface area contributed by atoms with Crippen LogP contribution in [0.1, 0.15) is 15.3 Å². The van der Waals surface area contributed by atoms with Gasteiger partial charge in [0.2, 0.25) is 0 Å². The average molecular weight is 164 g/mol. The summed E-state index contributed by atoms with van der Waals surface area (Å²) < 4.78 is 15.2. The zero-order valence-corrected chi connectivity index (χ0v) is 6.34. The lowest BCUT2D eigenvalue weighted by molar-refractivity contribution is -0.0974. The molecule has 11 heavy (non-hydrogen) atoms. The molecule has 0 aromatic rings. The molecule has 0 radical (unpaired) electrons. The molecule has 0 saturated carbocycles. The summed E-state index contributed by atoms with van der Waals surface area (Å²) in [6.45, 7) is 2.98. The van der Waals surface area contributed by atoms with Gasteiger partial charge in [0.1, 0.15) is 0 Å². The maximum absolute atomic E-state index is 5.23. The number of hydrogen-bond donors (Lipinski definition) is 0. The molecule has 1 aliphatic heterocycles. The van der Waals surface area contributed by atoms with Crippen LogP contribution >= 0.6 is 0 Å². The summed E-state index contributed by atoms with van der Waals surface area (Å²) >= 11 is 0. The Labute approximate surface area is 70.1 Å². The van der Waals surface area contributed by atoms with Crippen molar-refractivity contribution in [1.29, 1.82) is 0 Å². The first-order valence-electron chi connectivity index (χ1n) is 3.62. The number of hydrogen-bond acceptors (Lipinski definition) is 3. The molecule has 0 amide bonds. The van der Waals surface area contributed by atoms with Gasteiger partial charge >= 0.3 is 0 Å². The van der Waals surface area contributed by atoms with Gasteiger partial charge in [-0.25, -0.2) is 0 Å². The molecule has 70 valence electrons. The number of ether oxygens (including phenoxy) is 3. The molecule has 0 N–H and O–H groups in total. The summed E-state index contributed by atoms with van der Waals surface area (Å²) in [7, 11) is 1.67. The van der Waals surface area contributed by atoms with Gasteiger partial charge in [0.05, 0.1) is 25.9 Å². The fraction of sp³-hybridized carbons (Fsp3) is 1.00. The zero-order valence-electron chi connectivity index (χ0n) is 6.34. The van der Waals surface area contributed by atoms with E-state index in [1.807, 2.05) is 0 Å². The molecule has 0 aromatic heterocycles. The molecule has 1 rings (SSSR count). The Kier molecular flexibility index (Phi) is 6.51. The van der Waals surface area contributed by atoms with Gasteiger partial charge in [-0.15, -0.1) is 0 Å². The van der Waals surface area contributed by atoms with Gasteiger partial charge in [0.25, 0.3) is 0 Å². The van der Waals surface area contributed by atoms with Gasteiger partial charge in [0.15, 0.2) is 0 Å². The van der Waals surface area contributed by atoms with E-state index in [1.54, 1.807) is 7.11 Å². The summed E-state index contributed by atoms with van der Waals surface area (Å²) in [6, 6.07) is 0. The highest BCUT2D eigenvalue weighted by atomic mass is 16.6. The van der Waals surface area contributed by atoms with Crippen LogP contribution in [0.25, 0.3) is 0 Å². The first-order chi connectivity index (χ1) is 4.93. The van der Waals surface area contributed by atoms with Gasteiger partial charge in [0, 0.05) is 15.1 Å². The average Bonchev–Trinajstić information content (AvgIpc) is 1.84.